The predicted molar refractivity (Wildman–Crippen MR) is 83.1 cm³/mol. The van der Waals surface area contributed by atoms with E-state index in [9.17, 15) is 4.79 Å². The van der Waals surface area contributed by atoms with E-state index in [2.05, 4.69) is 29.7 Å². The van der Waals surface area contributed by atoms with Gasteiger partial charge in [0.15, 0.2) is 0 Å². The molecule has 0 bridgehead atoms. The second kappa shape index (κ2) is 5.86. The molecule has 0 aromatic heterocycles. The quantitative estimate of drug-likeness (QED) is 0.800. The summed E-state index contributed by atoms with van der Waals surface area (Å²) in [6.45, 7) is 2.37. The van der Waals surface area contributed by atoms with E-state index in [1.54, 1.807) is 0 Å². The van der Waals surface area contributed by atoms with Gasteiger partial charge in [-0.1, -0.05) is 19.8 Å². The van der Waals surface area contributed by atoms with Gasteiger partial charge in [0.2, 0.25) is 5.91 Å². The minimum Gasteiger partial charge on any atom is -0.382 e. The molecule has 2 N–H and O–H groups in total. The van der Waals surface area contributed by atoms with E-state index in [-0.39, 0.29) is 5.91 Å². The van der Waals surface area contributed by atoms with Crippen LogP contribution in [-0.4, -0.2) is 11.9 Å². The number of aryl methyl sites for hydroxylation is 1. The fraction of sp³-hybridized carbons (Fsp3) is 0.588. The monoisotopic (exact) mass is 272 g/mol. The largest absolute Gasteiger partial charge is 0.382 e. The van der Waals surface area contributed by atoms with Crippen LogP contribution in [0.4, 0.5) is 11.4 Å². The predicted octanol–water partition coefficient (Wildman–Crippen LogP) is 3.95. The molecule has 1 amide bonds. The molecule has 1 aromatic carbocycles. The first kappa shape index (κ1) is 13.5. The number of carbonyl (C=O) groups excluding carboxylic acids is 1. The Labute approximate surface area is 121 Å². The fourth-order valence-electron chi connectivity index (χ4n) is 3.34. The van der Waals surface area contributed by atoms with Gasteiger partial charge in [0, 0.05) is 23.8 Å². The molecule has 2 aliphatic rings. The summed E-state index contributed by atoms with van der Waals surface area (Å²) in [6, 6.07) is 6.95. The van der Waals surface area contributed by atoms with Crippen LogP contribution in [0.25, 0.3) is 0 Å². The third-order valence-corrected chi connectivity index (χ3v) is 4.63. The minimum atomic E-state index is 0.135. The number of benzene rings is 1. The number of hydrogen-bond donors (Lipinski definition) is 2. The van der Waals surface area contributed by atoms with E-state index in [1.807, 2.05) is 6.07 Å². The van der Waals surface area contributed by atoms with Gasteiger partial charge >= 0.3 is 0 Å². The number of amides is 1. The molecule has 0 spiro atoms. The molecule has 3 rings (SSSR count). The molecule has 0 radical (unpaired) electrons. The number of anilines is 2. The second-order valence-corrected chi connectivity index (χ2v) is 6.37. The maximum atomic E-state index is 11.4. The molecule has 108 valence electrons. The topological polar surface area (TPSA) is 41.1 Å². The van der Waals surface area contributed by atoms with Crippen LogP contribution >= 0.6 is 0 Å². The van der Waals surface area contributed by atoms with E-state index < -0.39 is 0 Å². The molecular weight excluding hydrogens is 248 g/mol. The summed E-state index contributed by atoms with van der Waals surface area (Å²) < 4.78 is 0. The Bertz CT molecular complexity index is 498. The normalized spacial score (nSPS) is 26.4. The minimum absolute atomic E-state index is 0.135. The molecule has 2 atom stereocenters. The molecule has 1 heterocycles. The van der Waals surface area contributed by atoms with Gasteiger partial charge in [-0.2, -0.15) is 0 Å². The van der Waals surface area contributed by atoms with Crippen LogP contribution < -0.4 is 10.6 Å². The molecule has 1 fully saturated rings. The smallest absolute Gasteiger partial charge is 0.224 e. The standard InChI is InChI=1S/C17H24N2O/c1-12-3-2-4-14(7-5-12)18-15-8-9-16-13(11-15)6-10-17(20)19-16/h8-9,11-12,14,18H,2-7,10H2,1H3,(H,19,20). The first-order valence-electron chi connectivity index (χ1n) is 7.90. The van der Waals surface area contributed by atoms with Crippen LogP contribution in [0.15, 0.2) is 18.2 Å². The van der Waals surface area contributed by atoms with Gasteiger partial charge in [0.25, 0.3) is 0 Å². The van der Waals surface area contributed by atoms with E-state index in [1.165, 1.54) is 43.4 Å². The highest BCUT2D eigenvalue weighted by molar-refractivity contribution is 5.94. The van der Waals surface area contributed by atoms with Crippen molar-refractivity contribution in [2.75, 3.05) is 10.6 Å². The molecule has 1 aliphatic carbocycles. The van der Waals surface area contributed by atoms with Gasteiger partial charge in [0.1, 0.15) is 0 Å². The first-order chi connectivity index (χ1) is 9.70. The summed E-state index contributed by atoms with van der Waals surface area (Å²) in [4.78, 5) is 11.4. The highest BCUT2D eigenvalue weighted by Crippen LogP contribution is 2.28. The summed E-state index contributed by atoms with van der Waals surface area (Å²) in [5, 5.41) is 6.63. The van der Waals surface area contributed by atoms with Crippen LogP contribution in [0.5, 0.6) is 0 Å². The Balaban J connectivity index is 1.67. The maximum absolute atomic E-state index is 11.4. The van der Waals surface area contributed by atoms with Crippen molar-refractivity contribution in [3.05, 3.63) is 23.8 Å². The summed E-state index contributed by atoms with van der Waals surface area (Å²) in [5.41, 5.74) is 3.46. The van der Waals surface area contributed by atoms with E-state index in [0.717, 1.165) is 18.0 Å². The highest BCUT2D eigenvalue weighted by atomic mass is 16.1. The summed E-state index contributed by atoms with van der Waals surface area (Å²) in [5.74, 6) is 1.01. The third-order valence-electron chi connectivity index (χ3n) is 4.63. The lowest BCUT2D eigenvalue weighted by Gasteiger charge is -2.21. The Morgan fingerprint density at radius 2 is 2.05 bits per heavy atom. The Morgan fingerprint density at radius 1 is 1.15 bits per heavy atom. The van der Waals surface area contributed by atoms with Gasteiger partial charge in [0.05, 0.1) is 0 Å². The average molecular weight is 272 g/mol. The number of hydrogen-bond acceptors (Lipinski definition) is 2. The van der Waals surface area contributed by atoms with Crippen molar-refractivity contribution < 1.29 is 4.79 Å². The Hall–Kier alpha value is -1.51. The highest BCUT2D eigenvalue weighted by Gasteiger charge is 2.18. The SMILES string of the molecule is CC1CCCC(Nc2ccc3c(c2)CCC(=O)N3)CC1. The van der Waals surface area contributed by atoms with Crippen LogP contribution in [0, 0.1) is 5.92 Å². The maximum Gasteiger partial charge on any atom is 0.224 e. The van der Waals surface area contributed by atoms with Crippen LogP contribution in [0.2, 0.25) is 0 Å². The molecule has 1 aromatic rings. The second-order valence-electron chi connectivity index (χ2n) is 6.37. The van der Waals surface area contributed by atoms with Crippen LogP contribution in [0.1, 0.15) is 51.0 Å². The number of fused-ring (bicyclic) bond motifs is 1. The molecule has 20 heavy (non-hydrogen) atoms. The lowest BCUT2D eigenvalue weighted by atomic mass is 10.0. The van der Waals surface area contributed by atoms with Gasteiger partial charge in [-0.3, -0.25) is 4.79 Å². The fourth-order valence-corrected chi connectivity index (χ4v) is 3.34. The first-order valence-corrected chi connectivity index (χ1v) is 7.90. The Kier molecular flexibility index (Phi) is 3.95. The van der Waals surface area contributed by atoms with Crippen molar-refractivity contribution in [3.8, 4) is 0 Å². The molecule has 0 saturated heterocycles. The zero-order chi connectivity index (χ0) is 13.9. The molecule has 3 nitrogen and oxygen atoms in total. The zero-order valence-electron chi connectivity index (χ0n) is 12.2. The molecule has 3 heteroatoms. The van der Waals surface area contributed by atoms with Crippen molar-refractivity contribution in [3.63, 3.8) is 0 Å². The van der Waals surface area contributed by atoms with Crippen LogP contribution in [-0.2, 0) is 11.2 Å². The van der Waals surface area contributed by atoms with Crippen molar-refractivity contribution in [1.82, 2.24) is 0 Å². The number of carbonyl (C=O) groups is 1. The van der Waals surface area contributed by atoms with Crippen LogP contribution in [0.3, 0.4) is 0 Å². The molecule has 2 unspecified atom stereocenters. The number of rotatable bonds is 2. The molecule has 1 aliphatic heterocycles. The summed E-state index contributed by atoms with van der Waals surface area (Å²) in [6.07, 6.45) is 8.05. The third kappa shape index (κ3) is 3.14. The van der Waals surface area contributed by atoms with Crippen molar-refractivity contribution in [2.24, 2.45) is 5.92 Å². The summed E-state index contributed by atoms with van der Waals surface area (Å²) in [7, 11) is 0. The van der Waals surface area contributed by atoms with Crippen molar-refractivity contribution in [1.29, 1.82) is 0 Å². The van der Waals surface area contributed by atoms with E-state index in [0.29, 0.717) is 12.5 Å². The zero-order valence-corrected chi connectivity index (χ0v) is 12.2. The van der Waals surface area contributed by atoms with Gasteiger partial charge in [-0.25, -0.2) is 0 Å². The molecule has 1 saturated carbocycles. The van der Waals surface area contributed by atoms with E-state index in [4.69, 9.17) is 0 Å². The number of nitrogens with one attached hydrogen (secondary N) is 2. The molecular formula is C17H24N2O. The Morgan fingerprint density at radius 3 is 2.95 bits per heavy atom. The van der Waals surface area contributed by atoms with E-state index >= 15 is 0 Å². The lowest BCUT2D eigenvalue weighted by Crippen LogP contribution is -2.21. The lowest BCUT2D eigenvalue weighted by molar-refractivity contribution is -0.116. The average Bonchev–Trinajstić information content (AvgIpc) is 2.64. The summed E-state index contributed by atoms with van der Waals surface area (Å²) >= 11 is 0. The van der Waals surface area contributed by atoms with Gasteiger partial charge < -0.3 is 10.6 Å². The van der Waals surface area contributed by atoms with Gasteiger partial charge in [-0.05, 0) is 55.4 Å². The van der Waals surface area contributed by atoms with Crippen molar-refractivity contribution >= 4 is 17.3 Å². The van der Waals surface area contributed by atoms with Crippen molar-refractivity contribution in [2.45, 2.75) is 57.9 Å². The van der Waals surface area contributed by atoms with Gasteiger partial charge in [-0.15, -0.1) is 0 Å².